The maximum atomic E-state index is 4.04. The first-order valence-electron chi connectivity index (χ1n) is 4.52. The fraction of sp³-hybridized carbons (Fsp3) is 0.667. The standard InChI is InChI=1S/C9H14N2S2/c1-9(12-6-7-13-9)2-4-11-5-3-10-8-11/h3,5,8H,2,4,6-7H2,1H3. The molecular formula is C9H14N2S2. The summed E-state index contributed by atoms with van der Waals surface area (Å²) in [6.07, 6.45) is 7.01. The topological polar surface area (TPSA) is 17.8 Å². The predicted molar refractivity (Wildman–Crippen MR) is 60.2 cm³/mol. The molecule has 0 atom stereocenters. The Hall–Kier alpha value is -0.0900. The molecule has 2 rings (SSSR count). The minimum absolute atomic E-state index is 0.449. The van der Waals surface area contributed by atoms with Crippen LogP contribution >= 0.6 is 23.5 Å². The fourth-order valence-corrected chi connectivity index (χ4v) is 4.29. The van der Waals surface area contributed by atoms with Crippen LogP contribution in [0.3, 0.4) is 0 Å². The second kappa shape index (κ2) is 3.96. The van der Waals surface area contributed by atoms with Gasteiger partial charge in [0.15, 0.2) is 0 Å². The predicted octanol–water partition coefficient (Wildman–Crippen LogP) is 2.47. The average Bonchev–Trinajstić information content (AvgIpc) is 2.72. The van der Waals surface area contributed by atoms with Crippen molar-refractivity contribution in [3.05, 3.63) is 18.7 Å². The van der Waals surface area contributed by atoms with Crippen molar-refractivity contribution in [2.75, 3.05) is 11.5 Å². The average molecular weight is 214 g/mol. The lowest BCUT2D eigenvalue weighted by Crippen LogP contribution is -2.14. The first-order chi connectivity index (χ1) is 6.29. The van der Waals surface area contributed by atoms with E-state index in [1.165, 1.54) is 17.9 Å². The number of thioether (sulfide) groups is 2. The van der Waals surface area contributed by atoms with Crippen LogP contribution < -0.4 is 0 Å². The molecule has 0 radical (unpaired) electrons. The monoisotopic (exact) mass is 214 g/mol. The van der Waals surface area contributed by atoms with Crippen LogP contribution in [0.2, 0.25) is 0 Å². The van der Waals surface area contributed by atoms with E-state index in [-0.39, 0.29) is 0 Å². The molecule has 1 saturated heterocycles. The molecule has 1 aliphatic rings. The molecule has 2 nitrogen and oxygen atoms in total. The van der Waals surface area contributed by atoms with E-state index in [0.717, 1.165) is 6.54 Å². The van der Waals surface area contributed by atoms with Crippen molar-refractivity contribution in [3.8, 4) is 0 Å². The highest BCUT2D eigenvalue weighted by Crippen LogP contribution is 2.46. The summed E-state index contributed by atoms with van der Waals surface area (Å²) in [5, 5.41) is 0. The quantitative estimate of drug-likeness (QED) is 0.770. The van der Waals surface area contributed by atoms with E-state index in [0.29, 0.717) is 4.08 Å². The van der Waals surface area contributed by atoms with Crippen molar-refractivity contribution >= 4 is 23.5 Å². The van der Waals surface area contributed by atoms with Crippen LogP contribution in [-0.4, -0.2) is 25.1 Å². The van der Waals surface area contributed by atoms with Crippen LogP contribution in [0, 0.1) is 0 Å². The van der Waals surface area contributed by atoms with Gasteiger partial charge in [-0.3, -0.25) is 0 Å². The third-order valence-electron chi connectivity index (χ3n) is 2.28. The van der Waals surface area contributed by atoms with Gasteiger partial charge in [-0.2, -0.15) is 0 Å². The van der Waals surface area contributed by atoms with Crippen LogP contribution in [0.25, 0.3) is 0 Å². The first-order valence-corrected chi connectivity index (χ1v) is 6.49. The Morgan fingerprint density at radius 3 is 2.85 bits per heavy atom. The second-order valence-electron chi connectivity index (χ2n) is 3.38. The fourth-order valence-electron chi connectivity index (χ4n) is 1.45. The summed E-state index contributed by atoms with van der Waals surface area (Å²) in [5.74, 6) is 2.62. The summed E-state index contributed by atoms with van der Waals surface area (Å²) in [7, 11) is 0. The lowest BCUT2D eigenvalue weighted by atomic mass is 10.3. The molecule has 13 heavy (non-hydrogen) atoms. The summed E-state index contributed by atoms with van der Waals surface area (Å²) in [6, 6.07) is 0. The van der Waals surface area contributed by atoms with Crippen LogP contribution in [0.5, 0.6) is 0 Å². The van der Waals surface area contributed by atoms with Crippen molar-refractivity contribution < 1.29 is 0 Å². The van der Waals surface area contributed by atoms with Crippen LogP contribution in [0.1, 0.15) is 13.3 Å². The SMILES string of the molecule is CC1(CCn2ccnc2)SCCS1. The van der Waals surface area contributed by atoms with E-state index in [2.05, 4.69) is 40.0 Å². The van der Waals surface area contributed by atoms with Crippen molar-refractivity contribution in [2.45, 2.75) is 24.0 Å². The summed E-state index contributed by atoms with van der Waals surface area (Å²) < 4.78 is 2.61. The molecule has 1 aliphatic heterocycles. The van der Waals surface area contributed by atoms with E-state index in [1.54, 1.807) is 0 Å². The highest BCUT2D eigenvalue weighted by molar-refractivity contribution is 8.21. The van der Waals surface area contributed by atoms with Gasteiger partial charge in [0.25, 0.3) is 0 Å². The third kappa shape index (κ3) is 2.44. The number of rotatable bonds is 3. The molecule has 1 aromatic heterocycles. The van der Waals surface area contributed by atoms with E-state index < -0.39 is 0 Å². The van der Waals surface area contributed by atoms with Gasteiger partial charge in [0.05, 0.1) is 10.4 Å². The lowest BCUT2D eigenvalue weighted by Gasteiger charge is -2.21. The molecule has 0 unspecified atom stereocenters. The zero-order valence-corrected chi connectivity index (χ0v) is 9.40. The minimum atomic E-state index is 0.449. The molecule has 0 aromatic carbocycles. The van der Waals surface area contributed by atoms with Gasteiger partial charge < -0.3 is 4.57 Å². The minimum Gasteiger partial charge on any atom is -0.337 e. The Kier molecular flexibility index (Phi) is 2.89. The largest absolute Gasteiger partial charge is 0.337 e. The van der Waals surface area contributed by atoms with E-state index in [4.69, 9.17) is 0 Å². The normalized spacial score (nSPS) is 20.7. The Bertz CT molecular complexity index is 253. The summed E-state index contributed by atoms with van der Waals surface area (Å²) >= 11 is 4.19. The molecule has 0 N–H and O–H groups in total. The van der Waals surface area contributed by atoms with Crippen LogP contribution in [0.15, 0.2) is 18.7 Å². The van der Waals surface area contributed by atoms with E-state index in [9.17, 15) is 0 Å². The number of hydrogen-bond donors (Lipinski definition) is 0. The summed E-state index contributed by atoms with van der Waals surface area (Å²) in [4.78, 5) is 4.04. The highest BCUT2D eigenvalue weighted by Gasteiger charge is 2.29. The smallest absolute Gasteiger partial charge is 0.0945 e. The maximum absolute atomic E-state index is 4.04. The summed E-state index contributed by atoms with van der Waals surface area (Å²) in [6.45, 7) is 3.45. The van der Waals surface area contributed by atoms with Crippen molar-refractivity contribution in [3.63, 3.8) is 0 Å². The molecule has 0 saturated carbocycles. The number of nitrogens with zero attached hydrogens (tertiary/aromatic N) is 2. The molecule has 2 heterocycles. The van der Waals surface area contributed by atoms with Gasteiger partial charge in [-0.15, -0.1) is 23.5 Å². The van der Waals surface area contributed by atoms with Crippen molar-refractivity contribution in [1.82, 2.24) is 9.55 Å². The molecule has 0 spiro atoms. The second-order valence-corrected chi connectivity index (χ2v) is 6.84. The van der Waals surface area contributed by atoms with Crippen molar-refractivity contribution in [2.24, 2.45) is 0 Å². The van der Waals surface area contributed by atoms with Crippen LogP contribution in [0.4, 0.5) is 0 Å². The molecule has 1 fully saturated rings. The molecule has 0 aliphatic carbocycles. The van der Waals surface area contributed by atoms with Crippen molar-refractivity contribution in [1.29, 1.82) is 0 Å². The lowest BCUT2D eigenvalue weighted by molar-refractivity contribution is 0.622. The number of imidazole rings is 1. The first kappa shape index (κ1) is 9.46. The van der Waals surface area contributed by atoms with Gasteiger partial charge in [0, 0.05) is 30.4 Å². The van der Waals surface area contributed by atoms with Gasteiger partial charge in [-0.1, -0.05) is 0 Å². The van der Waals surface area contributed by atoms with Gasteiger partial charge in [0.1, 0.15) is 0 Å². The van der Waals surface area contributed by atoms with Gasteiger partial charge in [-0.05, 0) is 13.3 Å². The summed E-state index contributed by atoms with van der Waals surface area (Å²) in [5.41, 5.74) is 0. The zero-order chi connectivity index (χ0) is 9.15. The Morgan fingerprint density at radius 1 is 1.46 bits per heavy atom. The molecule has 72 valence electrons. The van der Waals surface area contributed by atoms with E-state index >= 15 is 0 Å². The molecule has 0 bridgehead atoms. The number of aryl methyl sites for hydroxylation is 1. The van der Waals surface area contributed by atoms with Gasteiger partial charge in [-0.25, -0.2) is 4.98 Å². The van der Waals surface area contributed by atoms with Gasteiger partial charge in [0.2, 0.25) is 0 Å². The van der Waals surface area contributed by atoms with Crippen LogP contribution in [-0.2, 0) is 6.54 Å². The number of aromatic nitrogens is 2. The zero-order valence-electron chi connectivity index (χ0n) is 7.77. The Morgan fingerprint density at radius 2 is 2.23 bits per heavy atom. The van der Waals surface area contributed by atoms with Gasteiger partial charge >= 0.3 is 0 Å². The Labute approximate surface area is 87.5 Å². The maximum Gasteiger partial charge on any atom is 0.0945 e. The molecular weight excluding hydrogens is 200 g/mol. The molecule has 1 aromatic rings. The highest BCUT2D eigenvalue weighted by atomic mass is 32.2. The number of hydrogen-bond acceptors (Lipinski definition) is 3. The third-order valence-corrected chi connectivity index (χ3v) is 5.69. The molecule has 0 amide bonds. The van der Waals surface area contributed by atoms with E-state index in [1.807, 2.05) is 18.7 Å². The molecule has 4 heteroatoms. The Balaban J connectivity index is 1.85.